The van der Waals surface area contributed by atoms with E-state index in [1.54, 1.807) is 11.3 Å². The van der Waals surface area contributed by atoms with Crippen molar-refractivity contribution in [1.29, 1.82) is 0 Å². The third-order valence-corrected chi connectivity index (χ3v) is 4.03. The summed E-state index contributed by atoms with van der Waals surface area (Å²) in [5.41, 5.74) is 2.88. The van der Waals surface area contributed by atoms with E-state index in [0.29, 0.717) is 5.92 Å². The van der Waals surface area contributed by atoms with Gasteiger partial charge in [-0.3, -0.25) is 4.79 Å². The van der Waals surface area contributed by atoms with Crippen molar-refractivity contribution in [2.24, 2.45) is 5.92 Å². The lowest BCUT2D eigenvalue weighted by atomic mass is 10.1. The monoisotopic (exact) mass is 317 g/mol. The standard InChI is InChI=1S/C17H23N3OS/c1-12(2)10-18-9-8-17-20-16(11-22-17)14-4-6-15(7-5-14)19-13(3)21/h4-7,11-12,18H,8-10H2,1-3H3,(H,19,21). The summed E-state index contributed by atoms with van der Waals surface area (Å²) in [6.45, 7) is 7.93. The summed E-state index contributed by atoms with van der Waals surface area (Å²) in [7, 11) is 0. The highest BCUT2D eigenvalue weighted by molar-refractivity contribution is 7.09. The smallest absolute Gasteiger partial charge is 0.221 e. The van der Waals surface area contributed by atoms with Gasteiger partial charge in [-0.05, 0) is 24.6 Å². The zero-order chi connectivity index (χ0) is 15.9. The number of anilines is 1. The third kappa shape index (κ3) is 5.24. The van der Waals surface area contributed by atoms with Crippen LogP contribution in [0, 0.1) is 5.92 Å². The summed E-state index contributed by atoms with van der Waals surface area (Å²) < 4.78 is 0. The number of rotatable bonds is 7. The Balaban J connectivity index is 1.91. The first kappa shape index (κ1) is 16.6. The lowest BCUT2D eigenvalue weighted by Crippen LogP contribution is -2.22. The van der Waals surface area contributed by atoms with Gasteiger partial charge in [-0.25, -0.2) is 4.98 Å². The first-order valence-corrected chi connectivity index (χ1v) is 8.45. The fourth-order valence-corrected chi connectivity index (χ4v) is 2.88. The predicted molar refractivity (Wildman–Crippen MR) is 93.3 cm³/mol. The zero-order valence-corrected chi connectivity index (χ0v) is 14.2. The van der Waals surface area contributed by atoms with E-state index < -0.39 is 0 Å². The van der Waals surface area contributed by atoms with E-state index in [0.717, 1.165) is 41.5 Å². The Hall–Kier alpha value is -1.72. The Labute approximate surface area is 136 Å². The second kappa shape index (κ2) is 8.06. The Morgan fingerprint density at radius 2 is 2.00 bits per heavy atom. The normalized spacial score (nSPS) is 10.9. The fraction of sp³-hybridized carbons (Fsp3) is 0.412. The topological polar surface area (TPSA) is 54.0 Å². The number of nitrogens with one attached hydrogen (secondary N) is 2. The van der Waals surface area contributed by atoms with Gasteiger partial charge in [-0.2, -0.15) is 0 Å². The molecule has 0 aliphatic rings. The van der Waals surface area contributed by atoms with Crippen molar-refractivity contribution in [3.63, 3.8) is 0 Å². The molecule has 2 aromatic rings. The molecule has 0 aliphatic heterocycles. The van der Waals surface area contributed by atoms with Crippen molar-refractivity contribution in [3.8, 4) is 11.3 Å². The van der Waals surface area contributed by atoms with Gasteiger partial charge >= 0.3 is 0 Å². The molecule has 0 saturated carbocycles. The minimum absolute atomic E-state index is 0.0578. The maximum atomic E-state index is 11.0. The molecule has 0 fully saturated rings. The Morgan fingerprint density at radius 3 is 2.64 bits per heavy atom. The van der Waals surface area contributed by atoms with Gasteiger partial charge in [0.2, 0.25) is 5.91 Å². The number of amides is 1. The largest absolute Gasteiger partial charge is 0.326 e. The van der Waals surface area contributed by atoms with E-state index >= 15 is 0 Å². The van der Waals surface area contributed by atoms with Crippen LogP contribution in [-0.2, 0) is 11.2 Å². The number of hydrogen-bond acceptors (Lipinski definition) is 4. The van der Waals surface area contributed by atoms with E-state index in [9.17, 15) is 4.79 Å². The third-order valence-electron chi connectivity index (χ3n) is 3.12. The highest BCUT2D eigenvalue weighted by Gasteiger charge is 2.05. The Kier molecular flexibility index (Phi) is 6.10. The molecule has 1 heterocycles. The van der Waals surface area contributed by atoms with Crippen LogP contribution in [0.2, 0.25) is 0 Å². The summed E-state index contributed by atoms with van der Waals surface area (Å²) in [6, 6.07) is 7.78. The first-order valence-electron chi connectivity index (χ1n) is 7.57. The number of aromatic nitrogens is 1. The van der Waals surface area contributed by atoms with Crippen LogP contribution in [0.15, 0.2) is 29.6 Å². The maximum absolute atomic E-state index is 11.0. The summed E-state index contributed by atoms with van der Waals surface area (Å²) in [4.78, 5) is 15.7. The number of thiazole rings is 1. The predicted octanol–water partition coefficient (Wildman–Crippen LogP) is 3.56. The molecule has 0 spiro atoms. The van der Waals surface area contributed by atoms with Gasteiger partial charge in [0.05, 0.1) is 10.7 Å². The van der Waals surface area contributed by atoms with Crippen LogP contribution < -0.4 is 10.6 Å². The lowest BCUT2D eigenvalue weighted by Gasteiger charge is -2.05. The van der Waals surface area contributed by atoms with Gasteiger partial charge < -0.3 is 10.6 Å². The lowest BCUT2D eigenvalue weighted by molar-refractivity contribution is -0.114. The first-order chi connectivity index (χ1) is 10.5. The van der Waals surface area contributed by atoms with Crippen LogP contribution in [0.3, 0.4) is 0 Å². The number of nitrogens with zero attached hydrogens (tertiary/aromatic N) is 1. The van der Waals surface area contributed by atoms with Crippen molar-refractivity contribution in [2.75, 3.05) is 18.4 Å². The van der Waals surface area contributed by atoms with Crippen LogP contribution in [0.5, 0.6) is 0 Å². The van der Waals surface area contributed by atoms with Crippen molar-refractivity contribution >= 4 is 22.9 Å². The van der Waals surface area contributed by atoms with Crippen LogP contribution in [-0.4, -0.2) is 24.0 Å². The molecule has 22 heavy (non-hydrogen) atoms. The molecule has 0 saturated heterocycles. The van der Waals surface area contributed by atoms with Gasteiger partial charge in [-0.15, -0.1) is 11.3 Å². The molecule has 5 heteroatoms. The molecule has 0 unspecified atom stereocenters. The van der Waals surface area contributed by atoms with Crippen LogP contribution in [0.4, 0.5) is 5.69 Å². The highest BCUT2D eigenvalue weighted by Crippen LogP contribution is 2.23. The second-order valence-electron chi connectivity index (χ2n) is 5.73. The quantitative estimate of drug-likeness (QED) is 0.768. The molecular formula is C17H23N3OS. The van der Waals surface area contributed by atoms with Crippen molar-refractivity contribution in [2.45, 2.75) is 27.2 Å². The van der Waals surface area contributed by atoms with Crippen LogP contribution in [0.25, 0.3) is 11.3 Å². The molecule has 1 aromatic carbocycles. The molecule has 0 bridgehead atoms. The van der Waals surface area contributed by atoms with Gasteiger partial charge in [-0.1, -0.05) is 26.0 Å². The Bertz CT molecular complexity index is 605. The summed E-state index contributed by atoms with van der Waals surface area (Å²) in [6.07, 6.45) is 0.960. The molecule has 1 amide bonds. The van der Waals surface area contributed by atoms with Crippen LogP contribution in [0.1, 0.15) is 25.8 Å². The summed E-state index contributed by atoms with van der Waals surface area (Å²) in [5.74, 6) is 0.617. The SMILES string of the molecule is CC(=O)Nc1ccc(-c2csc(CCNCC(C)C)n2)cc1. The molecule has 118 valence electrons. The molecule has 2 N–H and O–H groups in total. The minimum atomic E-state index is -0.0578. The molecule has 0 radical (unpaired) electrons. The molecule has 0 atom stereocenters. The number of carbonyl (C=O) groups is 1. The molecule has 0 aliphatic carbocycles. The van der Waals surface area contributed by atoms with Gasteiger partial charge in [0, 0.05) is 36.5 Å². The van der Waals surface area contributed by atoms with E-state index in [1.807, 2.05) is 24.3 Å². The second-order valence-corrected chi connectivity index (χ2v) is 6.68. The van der Waals surface area contributed by atoms with E-state index in [2.05, 4.69) is 34.8 Å². The average Bonchev–Trinajstić information content (AvgIpc) is 2.92. The van der Waals surface area contributed by atoms with Gasteiger partial charge in [0.25, 0.3) is 0 Å². The average molecular weight is 317 g/mol. The summed E-state index contributed by atoms with van der Waals surface area (Å²) in [5, 5.41) is 9.44. The van der Waals surface area contributed by atoms with Gasteiger partial charge in [0.1, 0.15) is 0 Å². The van der Waals surface area contributed by atoms with Crippen LogP contribution >= 0.6 is 11.3 Å². The van der Waals surface area contributed by atoms with E-state index in [1.165, 1.54) is 6.92 Å². The minimum Gasteiger partial charge on any atom is -0.326 e. The zero-order valence-electron chi connectivity index (χ0n) is 13.3. The maximum Gasteiger partial charge on any atom is 0.221 e. The Morgan fingerprint density at radius 1 is 1.27 bits per heavy atom. The fourth-order valence-electron chi connectivity index (χ4n) is 2.07. The molecule has 4 nitrogen and oxygen atoms in total. The van der Waals surface area contributed by atoms with E-state index in [4.69, 9.17) is 0 Å². The van der Waals surface area contributed by atoms with Crippen molar-refractivity contribution in [3.05, 3.63) is 34.7 Å². The van der Waals surface area contributed by atoms with Crippen molar-refractivity contribution in [1.82, 2.24) is 10.3 Å². The molecule has 2 rings (SSSR count). The highest BCUT2D eigenvalue weighted by atomic mass is 32.1. The summed E-state index contributed by atoms with van der Waals surface area (Å²) >= 11 is 1.70. The van der Waals surface area contributed by atoms with Gasteiger partial charge in [0.15, 0.2) is 0 Å². The number of hydrogen-bond donors (Lipinski definition) is 2. The van der Waals surface area contributed by atoms with E-state index in [-0.39, 0.29) is 5.91 Å². The number of carbonyl (C=O) groups excluding carboxylic acids is 1. The number of benzene rings is 1. The van der Waals surface area contributed by atoms with Crippen molar-refractivity contribution < 1.29 is 4.79 Å². The molecule has 1 aromatic heterocycles. The molecular weight excluding hydrogens is 294 g/mol.